The maximum absolute atomic E-state index is 11.9. The van der Waals surface area contributed by atoms with Gasteiger partial charge in [-0.25, -0.2) is 0 Å². The summed E-state index contributed by atoms with van der Waals surface area (Å²) in [4.78, 5) is 21.3. The van der Waals surface area contributed by atoms with Crippen molar-refractivity contribution in [2.24, 2.45) is 10.9 Å². The average molecular weight is 322 g/mol. The summed E-state index contributed by atoms with van der Waals surface area (Å²) >= 11 is 0. The highest BCUT2D eigenvalue weighted by molar-refractivity contribution is 5.80. The van der Waals surface area contributed by atoms with E-state index in [1.165, 1.54) is 12.8 Å². The molecule has 2 aliphatic rings. The number of rotatable bonds is 6. The number of likely N-dealkylation sites (tertiary alicyclic amines) is 2. The Morgan fingerprint density at radius 1 is 1.35 bits per heavy atom. The molecule has 2 atom stereocenters. The number of carbonyl (C=O) groups excluding carboxylic acids is 1. The molecule has 2 aliphatic heterocycles. The number of hydrogen-bond donors (Lipinski definition) is 1. The van der Waals surface area contributed by atoms with Crippen molar-refractivity contribution in [3.8, 4) is 0 Å². The summed E-state index contributed by atoms with van der Waals surface area (Å²) in [6.45, 7) is 11.5. The standard InChI is InChI=1S/C18H34N4O/c1-4-16(22-13-7-9-17(22)23)10-11-20-18(19-5-2)21-12-6-8-15(3)14-21/h15-16H,4-14H2,1-3H3,(H,19,20). The van der Waals surface area contributed by atoms with Crippen LogP contribution in [0.5, 0.6) is 0 Å². The summed E-state index contributed by atoms with van der Waals surface area (Å²) in [7, 11) is 0. The fraction of sp³-hybridized carbons (Fsp3) is 0.889. The van der Waals surface area contributed by atoms with Crippen LogP contribution in [0.3, 0.4) is 0 Å². The SMILES string of the molecule is CCNC(=NCCC(CC)N1CCCC1=O)N1CCCC(C)C1. The van der Waals surface area contributed by atoms with Gasteiger partial charge in [-0.3, -0.25) is 9.79 Å². The lowest BCUT2D eigenvalue weighted by Crippen LogP contribution is -2.46. The van der Waals surface area contributed by atoms with Crippen LogP contribution < -0.4 is 5.32 Å². The van der Waals surface area contributed by atoms with Crippen molar-refractivity contribution in [2.75, 3.05) is 32.7 Å². The normalized spacial score (nSPS) is 24.2. The second kappa shape index (κ2) is 9.14. The first kappa shape index (κ1) is 18.1. The number of nitrogens with zero attached hydrogens (tertiary/aromatic N) is 3. The van der Waals surface area contributed by atoms with Crippen LogP contribution in [-0.2, 0) is 4.79 Å². The molecule has 5 nitrogen and oxygen atoms in total. The predicted octanol–water partition coefficient (Wildman–Crippen LogP) is 2.47. The second-order valence-electron chi connectivity index (χ2n) is 6.97. The fourth-order valence-electron chi connectivity index (χ4n) is 3.76. The molecule has 2 rings (SSSR count). The van der Waals surface area contributed by atoms with Gasteiger partial charge in [0.25, 0.3) is 0 Å². The molecule has 0 aromatic carbocycles. The average Bonchev–Trinajstić information content (AvgIpc) is 2.96. The van der Waals surface area contributed by atoms with E-state index in [4.69, 9.17) is 4.99 Å². The number of piperidine rings is 1. The maximum atomic E-state index is 11.9. The van der Waals surface area contributed by atoms with Gasteiger partial charge in [0.2, 0.25) is 5.91 Å². The van der Waals surface area contributed by atoms with E-state index in [0.717, 1.165) is 70.3 Å². The highest BCUT2D eigenvalue weighted by Crippen LogP contribution is 2.19. The molecule has 0 bridgehead atoms. The van der Waals surface area contributed by atoms with Crippen molar-refractivity contribution in [1.82, 2.24) is 15.1 Å². The lowest BCUT2D eigenvalue weighted by Gasteiger charge is -2.33. The van der Waals surface area contributed by atoms with Gasteiger partial charge in [0.1, 0.15) is 0 Å². The van der Waals surface area contributed by atoms with E-state index < -0.39 is 0 Å². The summed E-state index contributed by atoms with van der Waals surface area (Å²) in [6, 6.07) is 0.358. The maximum Gasteiger partial charge on any atom is 0.222 e. The lowest BCUT2D eigenvalue weighted by atomic mass is 10.0. The van der Waals surface area contributed by atoms with Crippen LogP contribution in [0, 0.1) is 5.92 Å². The van der Waals surface area contributed by atoms with E-state index in [1.54, 1.807) is 0 Å². The third-order valence-electron chi connectivity index (χ3n) is 5.04. The number of hydrogen-bond acceptors (Lipinski definition) is 2. The van der Waals surface area contributed by atoms with Crippen molar-refractivity contribution in [1.29, 1.82) is 0 Å². The Bertz CT molecular complexity index is 410. The summed E-state index contributed by atoms with van der Waals surface area (Å²) in [6.07, 6.45) is 6.33. The molecule has 0 aliphatic carbocycles. The van der Waals surface area contributed by atoms with Crippen molar-refractivity contribution < 1.29 is 4.79 Å². The zero-order valence-corrected chi connectivity index (χ0v) is 15.2. The predicted molar refractivity (Wildman–Crippen MR) is 95.6 cm³/mol. The fourth-order valence-corrected chi connectivity index (χ4v) is 3.76. The van der Waals surface area contributed by atoms with Gasteiger partial charge in [-0.05, 0) is 44.9 Å². The molecular weight excluding hydrogens is 288 g/mol. The topological polar surface area (TPSA) is 47.9 Å². The van der Waals surface area contributed by atoms with Crippen LogP contribution in [0.2, 0.25) is 0 Å². The number of amides is 1. The van der Waals surface area contributed by atoms with E-state index in [-0.39, 0.29) is 0 Å². The molecule has 23 heavy (non-hydrogen) atoms. The molecule has 2 unspecified atom stereocenters. The van der Waals surface area contributed by atoms with E-state index >= 15 is 0 Å². The monoisotopic (exact) mass is 322 g/mol. The molecule has 2 saturated heterocycles. The highest BCUT2D eigenvalue weighted by atomic mass is 16.2. The highest BCUT2D eigenvalue weighted by Gasteiger charge is 2.26. The molecule has 0 aromatic heterocycles. The first-order valence-corrected chi connectivity index (χ1v) is 9.48. The van der Waals surface area contributed by atoms with Gasteiger partial charge in [0, 0.05) is 45.2 Å². The van der Waals surface area contributed by atoms with Gasteiger partial charge in [-0.15, -0.1) is 0 Å². The van der Waals surface area contributed by atoms with Crippen molar-refractivity contribution in [3.05, 3.63) is 0 Å². The summed E-state index contributed by atoms with van der Waals surface area (Å²) in [5.74, 6) is 2.14. The molecule has 1 amide bonds. The molecule has 0 spiro atoms. The van der Waals surface area contributed by atoms with E-state index in [2.05, 4.69) is 35.9 Å². The summed E-state index contributed by atoms with van der Waals surface area (Å²) in [5, 5.41) is 3.44. The molecule has 2 heterocycles. The Morgan fingerprint density at radius 2 is 2.17 bits per heavy atom. The van der Waals surface area contributed by atoms with Crippen LogP contribution in [0.15, 0.2) is 4.99 Å². The number of aliphatic imine (C=N–C) groups is 1. The Kier molecular flexibility index (Phi) is 7.18. The third kappa shape index (κ3) is 5.11. The Morgan fingerprint density at radius 3 is 2.78 bits per heavy atom. The largest absolute Gasteiger partial charge is 0.357 e. The minimum absolute atomic E-state index is 0.331. The van der Waals surface area contributed by atoms with Gasteiger partial charge in [-0.2, -0.15) is 0 Å². The lowest BCUT2D eigenvalue weighted by molar-refractivity contribution is -0.129. The number of guanidine groups is 1. The van der Waals surface area contributed by atoms with Crippen LogP contribution in [0.25, 0.3) is 0 Å². The van der Waals surface area contributed by atoms with Crippen molar-refractivity contribution in [2.45, 2.75) is 65.3 Å². The summed E-state index contributed by atoms with van der Waals surface area (Å²) < 4.78 is 0. The molecule has 132 valence electrons. The second-order valence-corrected chi connectivity index (χ2v) is 6.97. The summed E-state index contributed by atoms with van der Waals surface area (Å²) in [5.41, 5.74) is 0. The first-order chi connectivity index (χ1) is 11.2. The van der Waals surface area contributed by atoms with Crippen LogP contribution in [0.1, 0.15) is 59.3 Å². The van der Waals surface area contributed by atoms with E-state index in [0.29, 0.717) is 11.9 Å². The van der Waals surface area contributed by atoms with Gasteiger partial charge >= 0.3 is 0 Å². The molecular formula is C18H34N4O. The number of carbonyl (C=O) groups is 1. The molecule has 5 heteroatoms. The molecule has 0 radical (unpaired) electrons. The Labute approximate surface area is 141 Å². The van der Waals surface area contributed by atoms with E-state index in [1.807, 2.05) is 0 Å². The van der Waals surface area contributed by atoms with Crippen LogP contribution >= 0.6 is 0 Å². The quantitative estimate of drug-likeness (QED) is 0.604. The number of nitrogens with one attached hydrogen (secondary N) is 1. The molecule has 2 fully saturated rings. The zero-order chi connectivity index (χ0) is 16.7. The van der Waals surface area contributed by atoms with Crippen LogP contribution in [0.4, 0.5) is 0 Å². The van der Waals surface area contributed by atoms with Gasteiger partial charge in [0.15, 0.2) is 5.96 Å². The van der Waals surface area contributed by atoms with Crippen molar-refractivity contribution in [3.63, 3.8) is 0 Å². The molecule has 1 N–H and O–H groups in total. The van der Waals surface area contributed by atoms with E-state index in [9.17, 15) is 4.79 Å². The Balaban J connectivity index is 1.90. The molecule has 0 aromatic rings. The zero-order valence-electron chi connectivity index (χ0n) is 15.2. The molecule has 0 saturated carbocycles. The van der Waals surface area contributed by atoms with Crippen LogP contribution in [-0.4, -0.2) is 60.4 Å². The smallest absolute Gasteiger partial charge is 0.222 e. The van der Waals surface area contributed by atoms with Gasteiger partial charge in [0.05, 0.1) is 0 Å². The minimum Gasteiger partial charge on any atom is -0.357 e. The first-order valence-electron chi connectivity index (χ1n) is 9.48. The minimum atomic E-state index is 0.331. The Hall–Kier alpha value is -1.26. The third-order valence-corrected chi connectivity index (χ3v) is 5.04. The van der Waals surface area contributed by atoms with Gasteiger partial charge < -0.3 is 15.1 Å². The van der Waals surface area contributed by atoms with Crippen molar-refractivity contribution >= 4 is 11.9 Å². The van der Waals surface area contributed by atoms with Gasteiger partial charge in [-0.1, -0.05) is 13.8 Å².